The highest BCUT2D eigenvalue weighted by Crippen LogP contribution is 2.64. The summed E-state index contributed by atoms with van der Waals surface area (Å²) in [6.07, 6.45) is 28.5. The quantitative estimate of drug-likeness (QED) is 0.142. The number of rotatable bonds is 8. The maximum atomic E-state index is 13.5. The van der Waals surface area contributed by atoms with Crippen LogP contribution in [0.5, 0.6) is 0 Å². The first-order valence-corrected chi connectivity index (χ1v) is 48.0. The van der Waals surface area contributed by atoms with Gasteiger partial charge in [0.2, 0.25) is 22.8 Å². The summed E-state index contributed by atoms with van der Waals surface area (Å²) in [6, 6.07) is 89.7. The Balaban J connectivity index is 0.000000105. The molecule has 0 atom stereocenters. The molecule has 131 heavy (non-hydrogen) atoms. The molecule has 0 bridgehead atoms. The van der Waals surface area contributed by atoms with Crippen LogP contribution in [0.4, 0.5) is 4.39 Å². The lowest BCUT2D eigenvalue weighted by Gasteiger charge is -2.28. The van der Waals surface area contributed by atoms with Crippen LogP contribution in [-0.4, -0.2) is 19.9 Å². The zero-order chi connectivity index (χ0) is 90.1. The van der Waals surface area contributed by atoms with E-state index in [1.54, 1.807) is 0 Å². The summed E-state index contributed by atoms with van der Waals surface area (Å²) in [5.41, 5.74) is 54.9. The van der Waals surface area contributed by atoms with E-state index in [9.17, 15) is 4.39 Å². The Labute approximate surface area is 773 Å². The van der Waals surface area contributed by atoms with Crippen molar-refractivity contribution >= 4 is 0 Å². The molecule has 0 radical (unpaired) electrons. The zero-order valence-electron chi connectivity index (χ0n) is 78.8. The molecule has 8 aromatic carbocycles. The first-order chi connectivity index (χ1) is 63.5. The minimum atomic E-state index is -0.207. The van der Waals surface area contributed by atoms with Crippen LogP contribution in [0.15, 0.2) is 274 Å². The maximum Gasteiger partial charge on any atom is 0.213 e. The smallest absolute Gasteiger partial charge is 0.213 e. The van der Waals surface area contributed by atoms with E-state index in [1.165, 1.54) is 303 Å². The Kier molecular flexibility index (Phi) is 21.6. The van der Waals surface area contributed by atoms with Gasteiger partial charge >= 0.3 is 0 Å². The number of halogens is 1. The Morgan fingerprint density at radius 2 is 0.496 bits per heavy atom. The van der Waals surface area contributed by atoms with E-state index in [0.29, 0.717) is 0 Å². The predicted molar refractivity (Wildman–Crippen MR) is 531 cm³/mol. The first kappa shape index (κ1) is 84.7. The average Bonchev–Trinajstić information content (AvgIpc) is 1.56. The third kappa shape index (κ3) is 14.3. The predicted octanol–water partition coefficient (Wildman–Crippen LogP) is 27.5. The number of hydrogen-bond donors (Lipinski definition) is 0. The molecule has 4 saturated carbocycles. The molecule has 8 aromatic heterocycles. The van der Waals surface area contributed by atoms with Gasteiger partial charge in [-0.25, -0.2) is 22.7 Å². The normalized spacial score (nSPS) is 15.7. The van der Waals surface area contributed by atoms with Crippen LogP contribution in [0, 0.1) is 75.1 Å². The molecule has 9 heteroatoms. The summed E-state index contributed by atoms with van der Waals surface area (Å²) in [5, 5.41) is 0. The van der Waals surface area contributed by atoms with Crippen LogP contribution in [-0.2, 0) is 49.9 Å². The molecule has 0 saturated heterocycles. The van der Waals surface area contributed by atoms with Crippen molar-refractivity contribution in [2.24, 2.45) is 28.2 Å². The van der Waals surface area contributed by atoms with Gasteiger partial charge in [-0.3, -0.25) is 19.9 Å². The molecule has 16 aromatic rings. The van der Waals surface area contributed by atoms with Crippen molar-refractivity contribution < 1.29 is 22.7 Å². The minimum absolute atomic E-state index is 0.00306. The number of nitrogens with zero attached hydrogens (tertiary/aromatic N) is 8. The van der Waals surface area contributed by atoms with E-state index in [2.05, 4.69) is 365 Å². The zero-order valence-corrected chi connectivity index (χ0v) is 78.8. The molecule has 24 rings (SSSR count). The van der Waals surface area contributed by atoms with Gasteiger partial charge in [0.25, 0.3) is 0 Å². The molecule has 0 amide bonds. The van der Waals surface area contributed by atoms with Crippen LogP contribution in [0.25, 0.3) is 134 Å². The number of fused-ring (bicyclic) bond motifs is 20. The summed E-state index contributed by atoms with van der Waals surface area (Å²) >= 11 is 0. The topological polar surface area (TPSA) is 67.1 Å². The minimum Gasteiger partial charge on any atom is -0.257 e. The Bertz CT molecular complexity index is 7040. The third-order valence-electron chi connectivity index (χ3n) is 31.2. The van der Waals surface area contributed by atoms with Crippen molar-refractivity contribution in [1.82, 2.24) is 19.9 Å². The second-order valence-electron chi connectivity index (χ2n) is 39.5. The van der Waals surface area contributed by atoms with Gasteiger partial charge in [0.15, 0.2) is 24.8 Å². The van der Waals surface area contributed by atoms with E-state index in [1.807, 2.05) is 12.1 Å². The summed E-state index contributed by atoms with van der Waals surface area (Å²) in [5.74, 6) is -0.207. The molecule has 4 fully saturated rings. The molecule has 8 aliphatic rings. The summed E-state index contributed by atoms with van der Waals surface area (Å²) in [4.78, 5) is 20.6. The van der Waals surface area contributed by atoms with Crippen molar-refractivity contribution in [2.75, 3.05) is 0 Å². The van der Waals surface area contributed by atoms with Gasteiger partial charge in [-0.1, -0.05) is 226 Å². The Morgan fingerprint density at radius 3 is 0.794 bits per heavy atom. The van der Waals surface area contributed by atoms with Crippen molar-refractivity contribution in [3.63, 3.8) is 0 Å². The largest absolute Gasteiger partial charge is 0.257 e. The fraction of sp³-hybridized carbons (Fsp3) is 0.279. The molecule has 4 spiro atoms. The number of pyridine rings is 8. The average molecular weight is 1720 g/mol. The molecular formula is C122H119FN8+4. The Hall–Kier alpha value is -13.1. The van der Waals surface area contributed by atoms with E-state index in [0.717, 1.165) is 46.7 Å². The molecule has 8 aliphatic carbocycles. The van der Waals surface area contributed by atoms with E-state index in [4.69, 9.17) is 19.9 Å². The van der Waals surface area contributed by atoms with Gasteiger partial charge in [-0.2, -0.15) is 0 Å². The first-order valence-electron chi connectivity index (χ1n) is 48.0. The third-order valence-corrected chi connectivity index (χ3v) is 31.2. The summed E-state index contributed by atoms with van der Waals surface area (Å²) in [6.45, 7) is 21.8. The van der Waals surface area contributed by atoms with E-state index >= 15 is 0 Å². The van der Waals surface area contributed by atoms with E-state index < -0.39 is 0 Å². The molecule has 8 nitrogen and oxygen atoms in total. The van der Waals surface area contributed by atoms with Crippen LogP contribution >= 0.6 is 0 Å². The van der Waals surface area contributed by atoms with Crippen LogP contribution < -0.4 is 18.3 Å². The fourth-order valence-corrected chi connectivity index (χ4v) is 24.8. The molecular weight excluding hydrogens is 1600 g/mol. The highest BCUT2D eigenvalue weighted by molar-refractivity contribution is 5.93. The van der Waals surface area contributed by atoms with Crippen LogP contribution in [0.3, 0.4) is 0 Å². The highest BCUT2D eigenvalue weighted by atomic mass is 19.1. The molecule has 0 unspecified atom stereocenters. The Morgan fingerprint density at radius 1 is 0.237 bits per heavy atom. The lowest BCUT2D eigenvalue weighted by molar-refractivity contribution is -0.660. The van der Waals surface area contributed by atoms with Crippen molar-refractivity contribution in [2.45, 2.75) is 194 Å². The summed E-state index contributed by atoms with van der Waals surface area (Å²) < 4.78 is 22.7. The second-order valence-corrected chi connectivity index (χ2v) is 39.5. The monoisotopic (exact) mass is 1710 g/mol. The highest BCUT2D eigenvalue weighted by Gasteiger charge is 2.54. The molecule has 8 heterocycles. The van der Waals surface area contributed by atoms with Gasteiger partial charge in [0.05, 0.1) is 45.0 Å². The van der Waals surface area contributed by atoms with Crippen molar-refractivity contribution in [1.29, 1.82) is 0 Å². The van der Waals surface area contributed by atoms with Crippen LogP contribution in [0.2, 0.25) is 0 Å². The van der Waals surface area contributed by atoms with Gasteiger partial charge in [-0.15, -0.1) is 0 Å². The van der Waals surface area contributed by atoms with Gasteiger partial charge in [-0.05, 0) is 269 Å². The number of hydrogen-bond acceptors (Lipinski definition) is 4. The SMILES string of the molecule is Cc1ccc(-c2cc[n+](C)c(-c3c(C)ccc4c3C3(CCCC3)c3nc(C)ccc3-4)c2)cc1.Cc1ccc(-c2ccc(-c3c(C)ccc4c3C3(CCCC3)c3nc(C)ccc3-4)[n+](C)c2)cc1.Cc1ccc2c(n1)C1(CCCC1)c1c-2ccc(C)c1-c1cc(-c2ccc(F)cc2)cc[n+]1C.Cc1ccc2c(n1)C1(CCCC1)c1c-2ccc(C)c1-c1ccc(-c2ccccc2)c[n+]1C. The van der Waals surface area contributed by atoms with E-state index in [-0.39, 0.29) is 27.5 Å². The van der Waals surface area contributed by atoms with Crippen molar-refractivity contribution in [3.8, 4) is 134 Å². The molecule has 0 aliphatic heterocycles. The van der Waals surface area contributed by atoms with Crippen LogP contribution in [0.1, 0.15) is 204 Å². The van der Waals surface area contributed by atoms with Gasteiger partial charge in [0.1, 0.15) is 34.0 Å². The number of benzene rings is 8. The summed E-state index contributed by atoms with van der Waals surface area (Å²) in [7, 11) is 8.68. The van der Waals surface area contributed by atoms with Gasteiger partial charge in [0, 0.05) is 114 Å². The standard InChI is InChI=1S/2C31H31N2.C30H28FN2.C30H29N2/c1-20-7-11-23(12-8-20)24-13-16-27(33(4)19-24)28-21(2)9-14-25-26-15-10-22(3)32-30(26)31(29(25)28)17-5-6-18-31;1-20-7-11-23(12-8-20)24-15-18-33(4)27(19-24)28-21(2)9-13-25-26-14-10-22(3)32-30(26)31(29(25)28)16-5-6-17-31;1-19-6-12-24-25-13-7-20(2)32-29(25)30(15-4-5-16-30)28(24)27(19)26-18-22(14-17-33(26)3)21-8-10-23(31)11-9-21;1-20-11-14-24-25-15-12-21(2)31-29(25)30(17-7-8-18-30)28(24)27(20)26-16-13-23(19-32(26)3)22-9-5-4-6-10-22/h7-16,19H,5-6,17-18H2,1-4H3;7-15,18-19H,5-6,16-17H2,1-4H3;6-14,17-18H,4-5,15-16H2,1-3H3;4-6,9-16,19H,7-8,17-18H2,1-3H3/q4*+1. The molecule has 650 valence electrons. The number of aromatic nitrogens is 8. The second kappa shape index (κ2) is 33.4. The molecule has 0 N–H and O–H groups in total. The lowest BCUT2D eigenvalue weighted by atomic mass is 9.75. The van der Waals surface area contributed by atoms with Crippen molar-refractivity contribution in [3.05, 3.63) is 381 Å². The van der Waals surface area contributed by atoms with Gasteiger partial charge < -0.3 is 0 Å². The lowest BCUT2D eigenvalue weighted by Crippen LogP contribution is -2.32. The fourth-order valence-electron chi connectivity index (χ4n) is 24.8. The maximum absolute atomic E-state index is 13.5. The number of aryl methyl sites for hydroxylation is 14.